The van der Waals surface area contributed by atoms with Crippen LogP contribution in [0.25, 0.3) is 0 Å². The van der Waals surface area contributed by atoms with Crippen molar-refractivity contribution in [3.63, 3.8) is 0 Å². The van der Waals surface area contributed by atoms with E-state index in [2.05, 4.69) is 0 Å². The van der Waals surface area contributed by atoms with Crippen LogP contribution in [-0.4, -0.2) is 28.4 Å². The van der Waals surface area contributed by atoms with Gasteiger partial charge < -0.3 is 18.9 Å². The smallest absolute Gasteiger partial charge is 0.207 e. The lowest BCUT2D eigenvalue weighted by Gasteiger charge is -2.21. The van der Waals surface area contributed by atoms with E-state index in [4.69, 9.17) is 18.9 Å². The Labute approximate surface area is 142 Å². The van der Waals surface area contributed by atoms with Gasteiger partial charge in [-0.15, -0.1) is 0 Å². The second-order valence-electron chi connectivity index (χ2n) is 5.37. The third kappa shape index (κ3) is 3.26. The molecule has 2 aromatic rings. The molecule has 0 saturated carbocycles. The molecule has 129 valence electrons. The fourth-order valence-corrected chi connectivity index (χ4v) is 2.82. The first-order chi connectivity index (χ1) is 11.6. The molecule has 2 aromatic carbocycles. The summed E-state index contributed by atoms with van der Waals surface area (Å²) in [6.45, 7) is 1.75. The lowest BCUT2D eigenvalue weighted by molar-refractivity contribution is 0.177. The fourth-order valence-electron chi connectivity index (χ4n) is 2.82. The van der Waals surface area contributed by atoms with Crippen molar-refractivity contribution in [2.24, 2.45) is 0 Å². The monoisotopic (exact) mass is 331 g/mol. The van der Waals surface area contributed by atoms with Crippen LogP contribution in [0.2, 0.25) is 0 Å². The van der Waals surface area contributed by atoms with Crippen molar-refractivity contribution in [2.45, 2.75) is 20.0 Å². The van der Waals surface area contributed by atoms with Gasteiger partial charge in [-0.25, -0.2) is 5.11 Å². The van der Waals surface area contributed by atoms with E-state index in [1.54, 1.807) is 28.4 Å². The van der Waals surface area contributed by atoms with Crippen molar-refractivity contribution in [1.82, 2.24) is 0 Å². The molecule has 0 atom stereocenters. The standard InChI is InChI=1S/C19H23O5/c1-12-15(10-13-6-8-14(11-20)9-7-13)17(22-3)19(24-5)18(23-4)16(12)21-2/h6-9H,10-11H2,1-5H3. The molecule has 0 N–H and O–H groups in total. The molecular weight excluding hydrogens is 308 g/mol. The average molecular weight is 331 g/mol. The van der Waals surface area contributed by atoms with Crippen LogP contribution in [0.15, 0.2) is 24.3 Å². The van der Waals surface area contributed by atoms with Crippen LogP contribution < -0.4 is 18.9 Å². The molecule has 5 nitrogen and oxygen atoms in total. The van der Waals surface area contributed by atoms with Crippen molar-refractivity contribution in [2.75, 3.05) is 28.4 Å². The van der Waals surface area contributed by atoms with Gasteiger partial charge in [-0.3, -0.25) is 0 Å². The number of hydrogen-bond donors (Lipinski definition) is 0. The van der Waals surface area contributed by atoms with Gasteiger partial charge in [0.25, 0.3) is 0 Å². The Balaban J connectivity index is 2.58. The number of benzene rings is 2. The molecule has 0 unspecified atom stereocenters. The summed E-state index contributed by atoms with van der Waals surface area (Å²) >= 11 is 0. The molecule has 0 aliphatic rings. The minimum atomic E-state index is -0.215. The van der Waals surface area contributed by atoms with Gasteiger partial charge in [-0.1, -0.05) is 24.3 Å². The normalized spacial score (nSPS) is 10.4. The maximum Gasteiger partial charge on any atom is 0.207 e. The topological polar surface area (TPSA) is 56.8 Å². The molecule has 0 bridgehead atoms. The summed E-state index contributed by atoms with van der Waals surface area (Å²) in [4.78, 5) is 0. The second kappa shape index (κ2) is 7.93. The number of rotatable bonds is 7. The Morgan fingerprint density at radius 3 is 1.62 bits per heavy atom. The molecule has 0 aliphatic carbocycles. The zero-order valence-corrected chi connectivity index (χ0v) is 14.8. The molecule has 24 heavy (non-hydrogen) atoms. The van der Waals surface area contributed by atoms with Crippen LogP contribution in [0, 0.1) is 6.92 Å². The molecule has 0 fully saturated rings. The summed E-state index contributed by atoms with van der Waals surface area (Å²) in [6, 6.07) is 7.61. The van der Waals surface area contributed by atoms with E-state index in [1.807, 2.05) is 31.2 Å². The summed E-state index contributed by atoms with van der Waals surface area (Å²) in [7, 11) is 6.35. The molecule has 0 aromatic heterocycles. The van der Waals surface area contributed by atoms with Gasteiger partial charge in [-0.2, -0.15) is 0 Å². The first kappa shape index (κ1) is 17.9. The summed E-state index contributed by atoms with van der Waals surface area (Å²) in [5.41, 5.74) is 3.73. The zero-order chi connectivity index (χ0) is 17.7. The summed E-state index contributed by atoms with van der Waals surface area (Å²) in [5, 5.41) is 10.9. The van der Waals surface area contributed by atoms with Crippen LogP contribution in [0.1, 0.15) is 22.3 Å². The SMILES string of the molecule is COc1c(C)c(Cc2ccc(C[O])cc2)c(OC)c(OC)c1OC. The van der Waals surface area contributed by atoms with E-state index in [0.29, 0.717) is 29.4 Å². The zero-order valence-electron chi connectivity index (χ0n) is 14.8. The van der Waals surface area contributed by atoms with Crippen LogP contribution in [-0.2, 0) is 18.1 Å². The number of methoxy groups -OCH3 is 4. The van der Waals surface area contributed by atoms with Crippen molar-refractivity contribution in [3.8, 4) is 23.0 Å². The maximum absolute atomic E-state index is 10.9. The number of hydrogen-bond acceptors (Lipinski definition) is 4. The third-order valence-corrected chi connectivity index (χ3v) is 4.07. The van der Waals surface area contributed by atoms with Gasteiger partial charge in [0, 0.05) is 17.5 Å². The highest BCUT2D eigenvalue weighted by Gasteiger charge is 2.25. The van der Waals surface area contributed by atoms with Gasteiger partial charge in [0.1, 0.15) is 6.61 Å². The first-order valence-corrected chi connectivity index (χ1v) is 7.62. The lowest BCUT2D eigenvalue weighted by atomic mass is 9.97. The van der Waals surface area contributed by atoms with E-state index in [0.717, 1.165) is 22.3 Å². The minimum absolute atomic E-state index is 0.215. The van der Waals surface area contributed by atoms with Crippen LogP contribution in [0.4, 0.5) is 0 Å². The highest BCUT2D eigenvalue weighted by atomic mass is 16.5. The molecular formula is C19H23O5. The molecule has 0 spiro atoms. The van der Waals surface area contributed by atoms with Gasteiger partial charge in [0.15, 0.2) is 11.5 Å². The quantitative estimate of drug-likeness (QED) is 0.778. The molecule has 0 heterocycles. The summed E-state index contributed by atoms with van der Waals surface area (Å²) < 4.78 is 22.1. The second-order valence-corrected chi connectivity index (χ2v) is 5.37. The molecule has 0 aliphatic heterocycles. The molecule has 2 rings (SSSR count). The maximum atomic E-state index is 10.9. The number of ether oxygens (including phenoxy) is 4. The molecule has 0 amide bonds. The minimum Gasteiger partial charge on any atom is -0.492 e. The third-order valence-electron chi connectivity index (χ3n) is 4.07. The summed E-state index contributed by atoms with van der Waals surface area (Å²) in [5.74, 6) is 2.27. The molecule has 0 saturated heterocycles. The van der Waals surface area contributed by atoms with Crippen molar-refractivity contribution in [1.29, 1.82) is 0 Å². The van der Waals surface area contributed by atoms with Gasteiger partial charge in [0.05, 0.1) is 28.4 Å². The Morgan fingerprint density at radius 1 is 0.708 bits per heavy atom. The van der Waals surface area contributed by atoms with E-state index >= 15 is 0 Å². The highest BCUT2D eigenvalue weighted by Crippen LogP contribution is 2.49. The first-order valence-electron chi connectivity index (χ1n) is 7.62. The van der Waals surface area contributed by atoms with E-state index in [1.165, 1.54) is 0 Å². The van der Waals surface area contributed by atoms with E-state index in [-0.39, 0.29) is 6.61 Å². The molecule has 1 radical (unpaired) electrons. The van der Waals surface area contributed by atoms with E-state index in [9.17, 15) is 5.11 Å². The Morgan fingerprint density at radius 2 is 1.17 bits per heavy atom. The van der Waals surface area contributed by atoms with Crippen LogP contribution in [0.3, 0.4) is 0 Å². The Hall–Kier alpha value is -2.40. The summed E-state index contributed by atoms with van der Waals surface area (Å²) in [6.07, 6.45) is 0.630. The Kier molecular flexibility index (Phi) is 5.93. The van der Waals surface area contributed by atoms with Gasteiger partial charge in [-0.05, 0) is 18.1 Å². The Bertz CT molecular complexity index is 692. The predicted octanol–water partition coefficient (Wildman–Crippen LogP) is 3.55. The van der Waals surface area contributed by atoms with Crippen LogP contribution >= 0.6 is 0 Å². The largest absolute Gasteiger partial charge is 0.492 e. The van der Waals surface area contributed by atoms with Crippen LogP contribution in [0.5, 0.6) is 23.0 Å². The van der Waals surface area contributed by atoms with Crippen molar-refractivity contribution >= 4 is 0 Å². The van der Waals surface area contributed by atoms with Crippen molar-refractivity contribution in [3.05, 3.63) is 46.5 Å². The predicted molar refractivity (Wildman–Crippen MR) is 91.0 cm³/mol. The van der Waals surface area contributed by atoms with Gasteiger partial charge >= 0.3 is 0 Å². The molecule has 5 heteroatoms. The highest BCUT2D eigenvalue weighted by molar-refractivity contribution is 5.67. The van der Waals surface area contributed by atoms with Gasteiger partial charge in [0.2, 0.25) is 11.5 Å². The van der Waals surface area contributed by atoms with E-state index < -0.39 is 0 Å². The lowest BCUT2D eigenvalue weighted by Crippen LogP contribution is -2.05. The average Bonchev–Trinajstić information content (AvgIpc) is 2.62. The van der Waals surface area contributed by atoms with Crippen molar-refractivity contribution < 1.29 is 24.1 Å². The fraction of sp³-hybridized carbons (Fsp3) is 0.368.